The van der Waals surface area contributed by atoms with Crippen LogP contribution in [0.3, 0.4) is 0 Å². The Morgan fingerprint density at radius 3 is 2.09 bits per heavy atom. The molecule has 0 spiro atoms. The van der Waals surface area contributed by atoms with Crippen LogP contribution in [0, 0.1) is 0 Å². The molecule has 0 aromatic heterocycles. The van der Waals surface area contributed by atoms with Crippen LogP contribution in [0.5, 0.6) is 0 Å². The highest BCUT2D eigenvalue weighted by molar-refractivity contribution is 6.18. The van der Waals surface area contributed by atoms with E-state index in [9.17, 15) is 4.79 Å². The molecule has 4 nitrogen and oxygen atoms in total. The number of hydrogen-bond donors (Lipinski definition) is 0. The number of hydrogen-bond acceptors (Lipinski definition) is 3. The lowest BCUT2D eigenvalue weighted by atomic mass is 9.77. The van der Waals surface area contributed by atoms with E-state index in [0.717, 1.165) is 0 Å². The summed E-state index contributed by atoms with van der Waals surface area (Å²) in [6.07, 6.45) is 6.75. The van der Waals surface area contributed by atoms with Crippen molar-refractivity contribution in [1.82, 2.24) is 0 Å². The Labute approximate surface area is 253 Å². The molecule has 5 aromatic carbocycles. The summed E-state index contributed by atoms with van der Waals surface area (Å²) in [6.45, 7) is 10.7. The summed E-state index contributed by atoms with van der Waals surface area (Å²) in [4.78, 5) is 13.3. The minimum absolute atomic E-state index is 0.190. The first-order valence-corrected chi connectivity index (χ1v) is 15.1. The average molecular weight is 566 g/mol. The lowest BCUT2D eigenvalue weighted by molar-refractivity contribution is -0.399. The molecule has 0 N–H and O–H groups in total. The second-order valence-corrected chi connectivity index (χ2v) is 12.7. The van der Waals surface area contributed by atoms with Crippen molar-refractivity contribution >= 4 is 55.9 Å². The van der Waals surface area contributed by atoms with Gasteiger partial charge in [0.2, 0.25) is 5.69 Å². The minimum Gasteiger partial charge on any atom is -0.466 e. The van der Waals surface area contributed by atoms with Crippen LogP contribution in [0.2, 0.25) is 0 Å². The molecule has 0 amide bonds. The maximum Gasteiger partial charge on any atom is 0.293 e. The number of carbonyl (C=O) groups is 1. The summed E-state index contributed by atoms with van der Waals surface area (Å²) in [5.74, 6) is 0. The van der Waals surface area contributed by atoms with Crippen LogP contribution >= 0.6 is 0 Å². The van der Waals surface area contributed by atoms with Gasteiger partial charge in [-0.2, -0.15) is 4.58 Å². The predicted molar refractivity (Wildman–Crippen MR) is 179 cm³/mol. The van der Waals surface area contributed by atoms with Gasteiger partial charge in [0.15, 0.2) is 5.71 Å². The number of fused-ring (bicyclic) bond motifs is 9. The van der Waals surface area contributed by atoms with Crippen LogP contribution in [-0.4, -0.2) is 37.0 Å². The van der Waals surface area contributed by atoms with Crippen molar-refractivity contribution in [2.45, 2.75) is 38.5 Å². The van der Waals surface area contributed by atoms with E-state index in [1.807, 2.05) is 0 Å². The molecule has 0 fully saturated rings. The van der Waals surface area contributed by atoms with Gasteiger partial charge in [0.1, 0.15) is 13.7 Å². The lowest BCUT2D eigenvalue weighted by Crippen LogP contribution is -2.29. The van der Waals surface area contributed by atoms with Gasteiger partial charge in [-0.25, -0.2) is 0 Å². The minimum atomic E-state index is -0.237. The summed E-state index contributed by atoms with van der Waals surface area (Å²) < 4.78 is 7.56. The summed E-state index contributed by atoms with van der Waals surface area (Å²) in [5.41, 5.74) is 7.18. The Balaban J connectivity index is 1.36. The van der Waals surface area contributed by atoms with Crippen molar-refractivity contribution in [3.63, 3.8) is 0 Å². The molecule has 0 bridgehead atoms. The zero-order valence-electron chi connectivity index (χ0n) is 25.5. The van der Waals surface area contributed by atoms with E-state index in [2.05, 4.69) is 147 Å². The van der Waals surface area contributed by atoms with E-state index in [1.165, 1.54) is 66.2 Å². The largest absolute Gasteiger partial charge is 0.466 e. The van der Waals surface area contributed by atoms with Gasteiger partial charge in [-0.3, -0.25) is 4.79 Å². The van der Waals surface area contributed by atoms with Crippen molar-refractivity contribution < 1.29 is 14.1 Å². The molecule has 0 aliphatic carbocycles. The molecule has 4 heteroatoms. The molecule has 0 saturated carbocycles. The first-order chi connectivity index (χ1) is 20.8. The van der Waals surface area contributed by atoms with E-state index in [1.54, 1.807) is 0 Å². The first-order valence-electron chi connectivity index (χ1n) is 15.1. The zero-order chi connectivity index (χ0) is 29.9. The monoisotopic (exact) mass is 565 g/mol. The fourth-order valence-corrected chi connectivity index (χ4v) is 7.79. The van der Waals surface area contributed by atoms with E-state index in [4.69, 9.17) is 4.74 Å². The maximum atomic E-state index is 11.0. The van der Waals surface area contributed by atoms with Gasteiger partial charge in [0.25, 0.3) is 6.47 Å². The van der Waals surface area contributed by atoms with Crippen molar-refractivity contribution in [3.8, 4) is 0 Å². The molecule has 0 atom stereocenters. The highest BCUT2D eigenvalue weighted by Crippen LogP contribution is 2.51. The third-order valence-corrected chi connectivity index (χ3v) is 9.63. The first kappa shape index (κ1) is 27.2. The van der Waals surface area contributed by atoms with Crippen LogP contribution in [0.1, 0.15) is 38.8 Å². The highest BCUT2D eigenvalue weighted by Gasteiger charge is 2.46. The van der Waals surface area contributed by atoms with E-state index in [-0.39, 0.29) is 10.8 Å². The number of allylic oxidation sites excluding steroid dienone is 4. The second kappa shape index (κ2) is 9.95. The molecule has 0 unspecified atom stereocenters. The standard InChI is InChI=1S/C39H37N2O2/c1-38(2)33(40(5)37-31-18-11-9-16-29(31)28-15-8-10-17-30(28)36(37)38)19-12-20-34-39(3,4)35-27-14-7-6-13-26(27)21-22-32(35)41(34)23-24-43-25-42/h6-22,25H,23-24H2,1-5H3/q+1. The van der Waals surface area contributed by atoms with Crippen molar-refractivity contribution in [1.29, 1.82) is 0 Å². The molecule has 2 heterocycles. The Morgan fingerprint density at radius 2 is 1.37 bits per heavy atom. The van der Waals surface area contributed by atoms with Crippen molar-refractivity contribution in [2.24, 2.45) is 0 Å². The summed E-state index contributed by atoms with van der Waals surface area (Å²) in [7, 11) is 2.20. The number of carbonyl (C=O) groups excluding carboxylic acids is 1. The van der Waals surface area contributed by atoms with Crippen LogP contribution < -0.4 is 4.90 Å². The molecule has 2 aliphatic heterocycles. The quantitative estimate of drug-likeness (QED) is 0.0895. The third-order valence-electron chi connectivity index (χ3n) is 9.63. The summed E-state index contributed by atoms with van der Waals surface area (Å²) >= 11 is 0. The van der Waals surface area contributed by atoms with Gasteiger partial charge in [0.05, 0.1) is 17.3 Å². The Kier molecular flexibility index (Phi) is 6.28. The fraction of sp³-hybridized carbons (Fsp3) is 0.231. The highest BCUT2D eigenvalue weighted by atomic mass is 16.5. The molecule has 0 radical (unpaired) electrons. The number of rotatable bonds is 6. The molecule has 43 heavy (non-hydrogen) atoms. The van der Waals surface area contributed by atoms with E-state index < -0.39 is 0 Å². The number of nitrogens with zero attached hydrogens (tertiary/aromatic N) is 2. The van der Waals surface area contributed by atoms with Gasteiger partial charge < -0.3 is 9.64 Å². The maximum absolute atomic E-state index is 11.0. The number of anilines is 1. The van der Waals surface area contributed by atoms with Crippen molar-refractivity contribution in [3.05, 3.63) is 120 Å². The summed E-state index contributed by atoms with van der Waals surface area (Å²) in [5, 5.41) is 7.69. The summed E-state index contributed by atoms with van der Waals surface area (Å²) in [6, 6.07) is 30.6. The van der Waals surface area contributed by atoms with Gasteiger partial charge in [-0.15, -0.1) is 0 Å². The Morgan fingerprint density at radius 1 is 0.744 bits per heavy atom. The zero-order valence-corrected chi connectivity index (χ0v) is 25.5. The van der Waals surface area contributed by atoms with Crippen LogP contribution in [-0.2, 0) is 20.4 Å². The third kappa shape index (κ3) is 3.96. The SMILES string of the molecule is C[N+]1=C(/C=C/C=C2\N(CCOC=O)c3ccc4ccccc4c3C2(C)C)C(C)(C)c2c1c1ccccc1c1ccccc21. The second-order valence-electron chi connectivity index (χ2n) is 12.7. The van der Waals surface area contributed by atoms with E-state index in [0.29, 0.717) is 19.6 Å². The van der Waals surface area contributed by atoms with Gasteiger partial charge in [-0.05, 0) is 64.6 Å². The van der Waals surface area contributed by atoms with Crippen molar-refractivity contribution in [2.75, 3.05) is 25.1 Å². The molecule has 214 valence electrons. The van der Waals surface area contributed by atoms with E-state index >= 15 is 0 Å². The predicted octanol–water partition coefficient (Wildman–Crippen LogP) is 8.56. The molecular weight excluding hydrogens is 528 g/mol. The average Bonchev–Trinajstić information content (AvgIpc) is 3.36. The smallest absolute Gasteiger partial charge is 0.293 e. The van der Waals surface area contributed by atoms with Crippen LogP contribution in [0.15, 0.2) is 109 Å². The molecule has 0 saturated heterocycles. The number of benzene rings is 5. The normalized spacial score (nSPS) is 17.9. The molecular formula is C39H37N2O2+. The fourth-order valence-electron chi connectivity index (χ4n) is 7.79. The van der Waals surface area contributed by atoms with Gasteiger partial charge >= 0.3 is 0 Å². The van der Waals surface area contributed by atoms with Crippen LogP contribution in [0.25, 0.3) is 32.3 Å². The molecule has 2 aliphatic rings. The Bertz CT molecular complexity index is 2040. The van der Waals surface area contributed by atoms with Gasteiger partial charge in [-0.1, -0.05) is 92.7 Å². The lowest BCUT2D eigenvalue weighted by Gasteiger charge is -2.26. The molecule has 5 aromatic rings. The molecule has 7 rings (SSSR count). The topological polar surface area (TPSA) is 32.5 Å². The van der Waals surface area contributed by atoms with Crippen LogP contribution in [0.4, 0.5) is 11.4 Å². The Hall–Kier alpha value is -4.70. The van der Waals surface area contributed by atoms with Gasteiger partial charge in [0, 0.05) is 28.4 Å². The number of ether oxygens (including phenoxy) is 1.